The SMILES string of the molecule is Nc1nc(Nc2ccccc2SSc2ccccc2Nc2nc(N)nc(-c3ccccc3Cl)n2)nc(-c2ccccc2Cl)n1. The van der Waals surface area contributed by atoms with Gasteiger partial charge in [0.05, 0.1) is 21.4 Å². The van der Waals surface area contributed by atoms with Crippen LogP contribution in [0, 0.1) is 0 Å². The van der Waals surface area contributed by atoms with E-state index in [9.17, 15) is 0 Å². The predicted octanol–water partition coefficient (Wildman–Crippen LogP) is 8.15. The van der Waals surface area contributed by atoms with Crippen LogP contribution in [0.3, 0.4) is 0 Å². The van der Waals surface area contributed by atoms with Gasteiger partial charge in [-0.25, -0.2) is 0 Å². The minimum Gasteiger partial charge on any atom is -0.368 e. The van der Waals surface area contributed by atoms with Gasteiger partial charge in [-0.3, -0.25) is 0 Å². The van der Waals surface area contributed by atoms with Crippen LogP contribution in [0.25, 0.3) is 22.8 Å². The lowest BCUT2D eigenvalue weighted by Gasteiger charge is -2.13. The summed E-state index contributed by atoms with van der Waals surface area (Å²) in [4.78, 5) is 28.1. The van der Waals surface area contributed by atoms with Crippen LogP contribution in [0.15, 0.2) is 107 Å². The molecule has 6 aromatic rings. The molecule has 0 atom stereocenters. The number of hydrogen-bond donors (Lipinski definition) is 4. The Kier molecular flexibility index (Phi) is 8.94. The molecule has 0 spiro atoms. The number of benzene rings is 4. The number of rotatable bonds is 9. The third-order valence-electron chi connectivity index (χ3n) is 6.02. The number of aromatic nitrogens is 6. The van der Waals surface area contributed by atoms with Gasteiger partial charge >= 0.3 is 0 Å². The van der Waals surface area contributed by atoms with Gasteiger partial charge in [0.2, 0.25) is 23.8 Å². The van der Waals surface area contributed by atoms with E-state index in [0.717, 1.165) is 21.2 Å². The average Bonchev–Trinajstić information content (AvgIpc) is 3.01. The van der Waals surface area contributed by atoms with Crippen LogP contribution in [-0.4, -0.2) is 29.9 Å². The Morgan fingerprint density at radius 3 is 1.30 bits per heavy atom. The van der Waals surface area contributed by atoms with E-state index in [1.54, 1.807) is 33.7 Å². The Morgan fingerprint density at radius 2 is 0.864 bits per heavy atom. The van der Waals surface area contributed by atoms with Crippen LogP contribution in [0.4, 0.5) is 35.2 Å². The topological polar surface area (TPSA) is 153 Å². The number of nitrogens with two attached hydrogens (primary N) is 2. The first kappa shape index (κ1) is 29.5. The third-order valence-corrected chi connectivity index (χ3v) is 9.16. The van der Waals surface area contributed by atoms with Crippen LogP contribution >= 0.6 is 44.8 Å². The summed E-state index contributed by atoms with van der Waals surface area (Å²) in [6.07, 6.45) is 0. The van der Waals surface area contributed by atoms with Crippen molar-refractivity contribution < 1.29 is 0 Å². The van der Waals surface area contributed by atoms with E-state index in [0.29, 0.717) is 44.7 Å². The van der Waals surface area contributed by atoms with Gasteiger partial charge in [-0.05, 0) is 48.5 Å². The molecule has 0 bridgehead atoms. The molecule has 2 heterocycles. The maximum atomic E-state index is 6.37. The lowest BCUT2D eigenvalue weighted by atomic mass is 10.2. The molecular weight excluding hydrogens is 635 g/mol. The maximum Gasteiger partial charge on any atom is 0.232 e. The van der Waals surface area contributed by atoms with Gasteiger partial charge in [0.15, 0.2) is 11.6 Å². The number of nitrogens with one attached hydrogen (secondary N) is 2. The van der Waals surface area contributed by atoms with Crippen LogP contribution < -0.4 is 22.1 Å². The summed E-state index contributed by atoms with van der Waals surface area (Å²) in [5.74, 6) is 1.51. The summed E-state index contributed by atoms with van der Waals surface area (Å²) in [5, 5.41) is 7.59. The molecule has 0 aliphatic rings. The van der Waals surface area contributed by atoms with Gasteiger partial charge in [0.25, 0.3) is 0 Å². The molecule has 0 amide bonds. The second-order valence-electron chi connectivity index (χ2n) is 9.05. The molecule has 10 nitrogen and oxygen atoms in total. The largest absolute Gasteiger partial charge is 0.368 e. The second-order valence-corrected chi connectivity index (χ2v) is 12.1. The van der Waals surface area contributed by atoms with Crippen LogP contribution in [-0.2, 0) is 0 Å². The summed E-state index contributed by atoms with van der Waals surface area (Å²) in [7, 11) is 3.10. The highest BCUT2D eigenvalue weighted by molar-refractivity contribution is 8.76. The maximum absolute atomic E-state index is 6.37. The number of nitrogens with zero attached hydrogens (tertiary/aromatic N) is 6. The molecular formula is C30H22Cl2N10S2. The summed E-state index contributed by atoms with van der Waals surface area (Å²) >= 11 is 12.7. The molecule has 0 aliphatic carbocycles. The van der Waals surface area contributed by atoms with E-state index in [4.69, 9.17) is 34.7 Å². The minimum absolute atomic E-state index is 0.0774. The van der Waals surface area contributed by atoms with Crippen molar-refractivity contribution in [2.75, 3.05) is 22.1 Å². The zero-order chi connectivity index (χ0) is 30.5. The first-order valence-corrected chi connectivity index (χ1v) is 15.9. The van der Waals surface area contributed by atoms with Crippen molar-refractivity contribution in [1.29, 1.82) is 0 Å². The molecule has 0 unspecified atom stereocenters. The molecule has 6 N–H and O–H groups in total. The smallest absolute Gasteiger partial charge is 0.232 e. The standard InChI is InChI=1S/C30H22Cl2N10S2/c31-19-11-3-1-9-17(19)25-37-27(33)41-29(39-25)35-21-13-5-7-15-23(21)43-44-24-16-8-6-14-22(24)36-30-40-26(38-28(34)42-30)18-10-2-4-12-20(18)32/h1-16H,(H3,33,35,37,39,41)(H3,34,36,38,40,42). The van der Waals surface area contributed by atoms with Gasteiger partial charge in [-0.2, -0.15) is 29.9 Å². The fourth-order valence-electron chi connectivity index (χ4n) is 4.04. The monoisotopic (exact) mass is 656 g/mol. The van der Waals surface area contributed by atoms with Crippen molar-refractivity contribution in [2.24, 2.45) is 0 Å². The molecule has 0 radical (unpaired) electrons. The summed E-state index contributed by atoms with van der Waals surface area (Å²) in [6, 6.07) is 30.2. The van der Waals surface area contributed by atoms with Crippen molar-refractivity contribution in [3.05, 3.63) is 107 Å². The number of para-hydroxylation sites is 2. The second kappa shape index (κ2) is 13.3. The highest BCUT2D eigenvalue weighted by atomic mass is 35.5. The number of halogens is 2. The summed E-state index contributed by atoms with van der Waals surface area (Å²) < 4.78 is 0. The lowest BCUT2D eigenvalue weighted by Crippen LogP contribution is -2.05. The first-order valence-electron chi connectivity index (χ1n) is 13.0. The molecule has 6 rings (SSSR count). The Labute approximate surface area is 270 Å². The summed E-state index contributed by atoms with van der Waals surface area (Å²) in [6.45, 7) is 0. The van der Waals surface area contributed by atoms with Gasteiger partial charge in [0.1, 0.15) is 0 Å². The first-order chi connectivity index (χ1) is 21.4. The van der Waals surface area contributed by atoms with E-state index in [1.807, 2.05) is 84.9 Å². The zero-order valence-electron chi connectivity index (χ0n) is 22.6. The molecule has 0 saturated carbocycles. The van der Waals surface area contributed by atoms with Gasteiger partial charge in [-0.1, -0.05) is 93.3 Å². The third kappa shape index (κ3) is 6.95. The van der Waals surface area contributed by atoms with Crippen molar-refractivity contribution in [2.45, 2.75) is 9.79 Å². The Hall–Kier alpha value is -4.62. The van der Waals surface area contributed by atoms with Crippen LogP contribution in [0.2, 0.25) is 10.0 Å². The normalized spacial score (nSPS) is 10.9. The molecule has 0 aliphatic heterocycles. The highest BCUT2D eigenvalue weighted by Crippen LogP contribution is 2.44. The highest BCUT2D eigenvalue weighted by Gasteiger charge is 2.14. The van der Waals surface area contributed by atoms with Gasteiger partial charge in [0, 0.05) is 20.9 Å². The predicted molar refractivity (Wildman–Crippen MR) is 181 cm³/mol. The van der Waals surface area contributed by atoms with Gasteiger partial charge < -0.3 is 22.1 Å². The Morgan fingerprint density at radius 1 is 0.477 bits per heavy atom. The Bertz CT molecular complexity index is 1820. The van der Waals surface area contributed by atoms with Gasteiger partial charge in [-0.15, -0.1) is 0 Å². The van der Waals surface area contributed by atoms with E-state index in [2.05, 4.69) is 40.5 Å². The number of hydrogen-bond acceptors (Lipinski definition) is 12. The molecule has 218 valence electrons. The average molecular weight is 658 g/mol. The molecule has 2 aromatic heterocycles. The number of anilines is 6. The Balaban J connectivity index is 1.22. The van der Waals surface area contributed by atoms with Crippen molar-refractivity contribution in [3.8, 4) is 22.8 Å². The van der Waals surface area contributed by atoms with Crippen molar-refractivity contribution in [1.82, 2.24) is 29.9 Å². The fourth-order valence-corrected chi connectivity index (χ4v) is 6.75. The minimum atomic E-state index is 0.0774. The quantitative estimate of drug-likeness (QED) is 0.111. The molecule has 0 saturated heterocycles. The fraction of sp³-hybridized carbons (Fsp3) is 0. The molecule has 14 heteroatoms. The van der Waals surface area contributed by atoms with Crippen LogP contribution in [0.1, 0.15) is 0 Å². The van der Waals surface area contributed by atoms with Crippen molar-refractivity contribution in [3.63, 3.8) is 0 Å². The van der Waals surface area contributed by atoms with E-state index < -0.39 is 0 Å². The van der Waals surface area contributed by atoms with E-state index in [1.165, 1.54) is 0 Å². The molecule has 4 aromatic carbocycles. The van der Waals surface area contributed by atoms with Crippen LogP contribution in [0.5, 0.6) is 0 Å². The zero-order valence-corrected chi connectivity index (χ0v) is 25.8. The summed E-state index contributed by atoms with van der Waals surface area (Å²) in [5.41, 5.74) is 14.9. The molecule has 0 fully saturated rings. The van der Waals surface area contributed by atoms with E-state index in [-0.39, 0.29) is 11.9 Å². The van der Waals surface area contributed by atoms with Crippen molar-refractivity contribution >= 4 is 80.0 Å². The lowest BCUT2D eigenvalue weighted by molar-refractivity contribution is 1.07. The number of nitrogen functional groups attached to an aromatic ring is 2. The molecule has 44 heavy (non-hydrogen) atoms. The van der Waals surface area contributed by atoms with E-state index >= 15 is 0 Å².